The first-order valence-electron chi connectivity index (χ1n) is 8.64. The van der Waals surface area contributed by atoms with E-state index in [9.17, 15) is 10.2 Å². The Kier molecular flexibility index (Phi) is 3.95. The number of para-hydroxylation sites is 1. The van der Waals surface area contributed by atoms with E-state index in [0.29, 0.717) is 13.0 Å². The van der Waals surface area contributed by atoms with Crippen LogP contribution in [0.2, 0.25) is 0 Å². The Balaban J connectivity index is 1.43. The number of likely N-dealkylation sites (tertiary alicyclic amines) is 1. The quantitative estimate of drug-likeness (QED) is 0.848. The van der Waals surface area contributed by atoms with Crippen molar-refractivity contribution in [3.8, 4) is 11.5 Å². The molecule has 2 N–H and O–H groups in total. The zero-order valence-electron chi connectivity index (χ0n) is 14.0. The van der Waals surface area contributed by atoms with Crippen LogP contribution in [0.3, 0.4) is 0 Å². The Hall–Kier alpha value is -1.34. The topological polar surface area (TPSA) is 71.4 Å². The zero-order valence-corrected chi connectivity index (χ0v) is 14.0. The first-order chi connectivity index (χ1) is 11.5. The summed E-state index contributed by atoms with van der Waals surface area (Å²) < 4.78 is 17.0. The highest BCUT2D eigenvalue weighted by atomic mass is 16.7. The second-order valence-corrected chi connectivity index (χ2v) is 7.35. The molecular formula is C18H25NO5. The number of aliphatic hydroxyl groups excluding tert-OH is 1. The highest BCUT2D eigenvalue weighted by molar-refractivity contribution is 5.48. The molecule has 3 heterocycles. The monoisotopic (exact) mass is 335 g/mol. The summed E-state index contributed by atoms with van der Waals surface area (Å²) in [5, 5.41) is 21.0. The van der Waals surface area contributed by atoms with Crippen molar-refractivity contribution in [2.45, 2.75) is 50.0 Å². The highest BCUT2D eigenvalue weighted by Gasteiger charge is 2.52. The predicted octanol–water partition coefficient (Wildman–Crippen LogP) is 1.28. The smallest absolute Gasteiger partial charge is 0.231 e. The minimum Gasteiger partial charge on any atom is -0.454 e. The predicted molar refractivity (Wildman–Crippen MR) is 87.0 cm³/mol. The molecule has 0 saturated carbocycles. The summed E-state index contributed by atoms with van der Waals surface area (Å²) in [6.45, 7) is 4.91. The Morgan fingerprint density at radius 1 is 1.21 bits per heavy atom. The summed E-state index contributed by atoms with van der Waals surface area (Å²) in [7, 11) is 0. The third kappa shape index (κ3) is 2.67. The fourth-order valence-electron chi connectivity index (χ4n) is 4.11. The second kappa shape index (κ2) is 5.88. The summed E-state index contributed by atoms with van der Waals surface area (Å²) in [6.07, 6.45) is 1.08. The van der Waals surface area contributed by atoms with Crippen LogP contribution in [0.5, 0.6) is 11.5 Å². The van der Waals surface area contributed by atoms with Crippen LogP contribution in [0.15, 0.2) is 18.2 Å². The number of rotatable bonds is 2. The molecule has 3 aliphatic rings. The Labute approximate surface area is 141 Å². The number of benzene rings is 1. The maximum atomic E-state index is 10.6. The third-order valence-corrected chi connectivity index (χ3v) is 5.66. The number of hydrogen-bond acceptors (Lipinski definition) is 6. The van der Waals surface area contributed by atoms with E-state index in [4.69, 9.17) is 14.2 Å². The molecule has 1 spiro atoms. The Morgan fingerprint density at radius 3 is 2.79 bits per heavy atom. The lowest BCUT2D eigenvalue weighted by Crippen LogP contribution is -2.64. The van der Waals surface area contributed by atoms with Crippen LogP contribution >= 0.6 is 0 Å². The van der Waals surface area contributed by atoms with Crippen molar-refractivity contribution in [1.29, 1.82) is 0 Å². The van der Waals surface area contributed by atoms with Gasteiger partial charge >= 0.3 is 0 Å². The van der Waals surface area contributed by atoms with Crippen molar-refractivity contribution in [3.05, 3.63) is 23.8 Å². The van der Waals surface area contributed by atoms with Crippen LogP contribution in [-0.2, 0) is 11.3 Å². The number of aliphatic hydroxyl groups is 2. The second-order valence-electron chi connectivity index (χ2n) is 7.35. The van der Waals surface area contributed by atoms with Gasteiger partial charge in [-0.05, 0) is 25.8 Å². The van der Waals surface area contributed by atoms with Crippen LogP contribution in [0, 0.1) is 0 Å². The molecule has 0 aromatic heterocycles. The molecule has 0 radical (unpaired) electrons. The average Bonchev–Trinajstić information content (AvgIpc) is 3.04. The number of nitrogens with zero attached hydrogens (tertiary/aromatic N) is 1. The van der Waals surface area contributed by atoms with Crippen molar-refractivity contribution >= 4 is 0 Å². The third-order valence-electron chi connectivity index (χ3n) is 5.66. The number of ether oxygens (including phenoxy) is 3. The van der Waals surface area contributed by atoms with E-state index in [2.05, 4.69) is 11.0 Å². The SMILES string of the molecule is C[C@@]1(O)CCOC2(CCN(Cc3cccc4c3OCO4)CC2)[C@H]1O. The van der Waals surface area contributed by atoms with Gasteiger partial charge in [0, 0.05) is 31.6 Å². The molecule has 0 unspecified atom stereocenters. The molecule has 0 bridgehead atoms. The van der Waals surface area contributed by atoms with Crippen LogP contribution in [0.4, 0.5) is 0 Å². The van der Waals surface area contributed by atoms with E-state index in [0.717, 1.165) is 49.5 Å². The molecule has 0 aliphatic carbocycles. The lowest BCUT2D eigenvalue weighted by atomic mass is 9.75. The van der Waals surface area contributed by atoms with Gasteiger partial charge in [0.15, 0.2) is 11.5 Å². The van der Waals surface area contributed by atoms with Crippen LogP contribution in [0.25, 0.3) is 0 Å². The summed E-state index contributed by atoms with van der Waals surface area (Å²) in [4.78, 5) is 2.34. The van der Waals surface area contributed by atoms with Crippen molar-refractivity contribution in [2.24, 2.45) is 0 Å². The van der Waals surface area contributed by atoms with E-state index in [1.807, 2.05) is 12.1 Å². The van der Waals surface area contributed by atoms with Gasteiger partial charge in [0.1, 0.15) is 6.10 Å². The summed E-state index contributed by atoms with van der Waals surface area (Å²) in [6, 6.07) is 5.97. The maximum Gasteiger partial charge on any atom is 0.231 e. The highest BCUT2D eigenvalue weighted by Crippen LogP contribution is 2.41. The fourth-order valence-corrected chi connectivity index (χ4v) is 4.11. The molecule has 1 aromatic rings. The molecule has 2 atom stereocenters. The van der Waals surface area contributed by atoms with Gasteiger partial charge in [0.25, 0.3) is 0 Å². The normalized spacial score (nSPS) is 32.2. The van der Waals surface area contributed by atoms with E-state index in [1.54, 1.807) is 6.92 Å². The standard InChI is InChI=1S/C18H25NO5/c1-17(21)7-10-24-18(16(17)20)5-8-19(9-6-18)11-13-3-2-4-14-15(13)23-12-22-14/h2-4,16,20-21H,5-12H2,1H3/t16-,17+/m0/s1. The van der Waals surface area contributed by atoms with Crippen molar-refractivity contribution in [3.63, 3.8) is 0 Å². The molecule has 4 rings (SSSR count). The van der Waals surface area contributed by atoms with Crippen molar-refractivity contribution in [2.75, 3.05) is 26.5 Å². The molecule has 3 aliphatic heterocycles. The molecule has 132 valence electrons. The van der Waals surface area contributed by atoms with Gasteiger partial charge in [-0.1, -0.05) is 12.1 Å². The van der Waals surface area contributed by atoms with Gasteiger partial charge in [-0.15, -0.1) is 0 Å². The van der Waals surface area contributed by atoms with Crippen molar-refractivity contribution in [1.82, 2.24) is 4.90 Å². The average molecular weight is 335 g/mol. The van der Waals surface area contributed by atoms with Gasteiger partial charge < -0.3 is 24.4 Å². The molecule has 0 amide bonds. The molecule has 6 nitrogen and oxygen atoms in total. The Morgan fingerprint density at radius 2 is 2.00 bits per heavy atom. The number of fused-ring (bicyclic) bond motifs is 1. The number of hydrogen-bond donors (Lipinski definition) is 2. The Bertz CT molecular complexity index is 609. The van der Waals surface area contributed by atoms with E-state index in [1.165, 1.54) is 0 Å². The lowest BCUT2D eigenvalue weighted by molar-refractivity contribution is -0.246. The zero-order chi connectivity index (χ0) is 16.8. The lowest BCUT2D eigenvalue weighted by Gasteiger charge is -2.51. The van der Waals surface area contributed by atoms with E-state index < -0.39 is 17.3 Å². The molecule has 2 fully saturated rings. The van der Waals surface area contributed by atoms with Gasteiger partial charge in [-0.2, -0.15) is 0 Å². The number of piperidine rings is 1. The molecule has 24 heavy (non-hydrogen) atoms. The van der Waals surface area contributed by atoms with Crippen LogP contribution in [0.1, 0.15) is 31.7 Å². The largest absolute Gasteiger partial charge is 0.454 e. The van der Waals surface area contributed by atoms with Crippen molar-refractivity contribution < 1.29 is 24.4 Å². The minimum atomic E-state index is -1.06. The summed E-state index contributed by atoms with van der Waals surface area (Å²) in [5.74, 6) is 1.65. The molecule has 1 aromatic carbocycles. The van der Waals surface area contributed by atoms with Gasteiger partial charge in [0.2, 0.25) is 6.79 Å². The molecule has 2 saturated heterocycles. The van der Waals surface area contributed by atoms with E-state index in [-0.39, 0.29) is 6.79 Å². The summed E-state index contributed by atoms with van der Waals surface area (Å²) in [5.41, 5.74) is -0.555. The van der Waals surface area contributed by atoms with Crippen LogP contribution in [-0.4, -0.2) is 58.9 Å². The van der Waals surface area contributed by atoms with E-state index >= 15 is 0 Å². The first-order valence-corrected chi connectivity index (χ1v) is 8.64. The molecule has 6 heteroatoms. The maximum absolute atomic E-state index is 10.6. The van der Waals surface area contributed by atoms with Gasteiger partial charge in [-0.3, -0.25) is 4.90 Å². The molecular weight excluding hydrogens is 310 g/mol. The van der Waals surface area contributed by atoms with Gasteiger partial charge in [0.05, 0.1) is 17.8 Å². The van der Waals surface area contributed by atoms with Gasteiger partial charge in [-0.25, -0.2) is 0 Å². The van der Waals surface area contributed by atoms with Crippen LogP contribution < -0.4 is 9.47 Å². The first kappa shape index (κ1) is 16.1. The fraction of sp³-hybridized carbons (Fsp3) is 0.667. The summed E-state index contributed by atoms with van der Waals surface area (Å²) >= 11 is 0. The minimum absolute atomic E-state index is 0.282.